The Morgan fingerprint density at radius 3 is 2.19 bits per heavy atom. The van der Waals surface area contributed by atoms with Crippen LogP contribution in [-0.2, 0) is 10.0 Å². The lowest BCUT2D eigenvalue weighted by Gasteiger charge is -2.09. The van der Waals surface area contributed by atoms with E-state index in [0.29, 0.717) is 5.56 Å². The number of primary amides is 1. The second-order valence-electron chi connectivity index (χ2n) is 3.85. The van der Waals surface area contributed by atoms with Gasteiger partial charge >= 0.3 is 0 Å². The van der Waals surface area contributed by atoms with Gasteiger partial charge < -0.3 is 5.73 Å². The number of hydrogen-bond donors (Lipinski definition) is 2. The molecule has 0 radical (unpaired) electrons. The van der Waals surface area contributed by atoms with Crippen molar-refractivity contribution >= 4 is 15.9 Å². The van der Waals surface area contributed by atoms with Crippen LogP contribution in [0.3, 0.4) is 0 Å². The molecule has 0 aliphatic carbocycles. The predicted molar refractivity (Wildman–Crippen MR) is 60.4 cm³/mol. The molecule has 0 bridgehead atoms. The Morgan fingerprint density at radius 2 is 1.81 bits per heavy atom. The topological polar surface area (TPSA) is 103 Å². The molecule has 0 saturated heterocycles. The number of rotatable bonds is 3. The fourth-order valence-corrected chi connectivity index (χ4v) is 1.85. The van der Waals surface area contributed by atoms with Gasteiger partial charge in [-0.15, -0.1) is 0 Å². The van der Waals surface area contributed by atoms with Gasteiger partial charge in [-0.1, -0.05) is 13.8 Å². The third-order valence-electron chi connectivity index (χ3n) is 2.21. The van der Waals surface area contributed by atoms with Crippen LogP contribution in [0.25, 0.3) is 0 Å². The van der Waals surface area contributed by atoms with Gasteiger partial charge in [-0.2, -0.15) is 0 Å². The molecule has 0 fully saturated rings. The van der Waals surface area contributed by atoms with Crippen molar-refractivity contribution in [2.24, 2.45) is 10.9 Å². The summed E-state index contributed by atoms with van der Waals surface area (Å²) in [5, 5.41) is 5.01. The summed E-state index contributed by atoms with van der Waals surface area (Å²) in [4.78, 5) is 11.0. The van der Waals surface area contributed by atoms with Gasteiger partial charge in [0.15, 0.2) is 0 Å². The Bertz CT molecular complexity index is 521. The summed E-state index contributed by atoms with van der Waals surface area (Å²) in [7, 11) is -3.82. The Balaban J connectivity index is 3.48. The van der Waals surface area contributed by atoms with Gasteiger partial charge in [0.1, 0.15) is 0 Å². The Kier molecular flexibility index (Phi) is 3.35. The smallest absolute Gasteiger partial charge is 0.248 e. The average molecular weight is 242 g/mol. The first-order chi connectivity index (χ1) is 7.21. The van der Waals surface area contributed by atoms with E-state index in [-0.39, 0.29) is 16.4 Å². The van der Waals surface area contributed by atoms with Crippen LogP contribution >= 0.6 is 0 Å². The molecular weight excluding hydrogens is 228 g/mol. The third kappa shape index (κ3) is 2.80. The number of primary sulfonamides is 1. The maximum absolute atomic E-state index is 11.2. The van der Waals surface area contributed by atoms with Crippen molar-refractivity contribution in [3.8, 4) is 0 Å². The highest BCUT2D eigenvalue weighted by atomic mass is 32.2. The molecule has 0 aliphatic rings. The molecule has 0 saturated carbocycles. The standard InChI is InChI=1S/C10H14N2O3S/c1-6(2)7-3-8(10(11)13)5-9(4-7)16(12,14)15/h3-6H,1-2H3,(H2,11,13)(H2,12,14,15). The zero-order valence-electron chi connectivity index (χ0n) is 9.10. The van der Waals surface area contributed by atoms with Gasteiger partial charge in [-0.05, 0) is 29.7 Å². The number of carbonyl (C=O) groups is 1. The molecule has 0 aromatic heterocycles. The maximum atomic E-state index is 11.2. The van der Waals surface area contributed by atoms with Gasteiger partial charge in [-0.3, -0.25) is 4.79 Å². The van der Waals surface area contributed by atoms with E-state index in [4.69, 9.17) is 10.9 Å². The molecule has 16 heavy (non-hydrogen) atoms. The van der Waals surface area contributed by atoms with E-state index < -0.39 is 15.9 Å². The fourth-order valence-electron chi connectivity index (χ4n) is 1.26. The van der Waals surface area contributed by atoms with Gasteiger partial charge in [0.05, 0.1) is 4.90 Å². The van der Waals surface area contributed by atoms with Crippen molar-refractivity contribution < 1.29 is 13.2 Å². The highest BCUT2D eigenvalue weighted by Crippen LogP contribution is 2.20. The molecule has 0 atom stereocenters. The van der Waals surface area contributed by atoms with Crippen LogP contribution in [0.2, 0.25) is 0 Å². The van der Waals surface area contributed by atoms with Crippen molar-refractivity contribution in [1.82, 2.24) is 0 Å². The quantitative estimate of drug-likeness (QED) is 0.809. The van der Waals surface area contributed by atoms with E-state index in [0.717, 1.165) is 0 Å². The summed E-state index contributed by atoms with van der Waals surface area (Å²) < 4.78 is 22.4. The molecule has 0 aliphatic heterocycles. The Labute approximate surface area is 94.5 Å². The highest BCUT2D eigenvalue weighted by Gasteiger charge is 2.14. The number of nitrogens with two attached hydrogens (primary N) is 2. The van der Waals surface area contributed by atoms with Crippen molar-refractivity contribution in [3.63, 3.8) is 0 Å². The number of benzene rings is 1. The zero-order chi connectivity index (χ0) is 12.5. The molecule has 5 nitrogen and oxygen atoms in total. The lowest BCUT2D eigenvalue weighted by Crippen LogP contribution is -2.16. The minimum Gasteiger partial charge on any atom is -0.366 e. The molecular formula is C10H14N2O3S. The molecule has 4 N–H and O–H groups in total. The lowest BCUT2D eigenvalue weighted by molar-refractivity contribution is 0.1000. The summed E-state index contributed by atoms with van der Waals surface area (Å²) in [5.41, 5.74) is 5.98. The van der Waals surface area contributed by atoms with Crippen LogP contribution in [0.1, 0.15) is 35.7 Å². The minimum atomic E-state index is -3.82. The zero-order valence-corrected chi connectivity index (χ0v) is 9.91. The fraction of sp³-hybridized carbons (Fsp3) is 0.300. The summed E-state index contributed by atoms with van der Waals surface area (Å²) in [6.07, 6.45) is 0. The lowest BCUT2D eigenvalue weighted by atomic mass is 10.0. The molecule has 0 unspecified atom stereocenters. The van der Waals surface area contributed by atoms with Crippen LogP contribution in [0.4, 0.5) is 0 Å². The van der Waals surface area contributed by atoms with E-state index in [9.17, 15) is 13.2 Å². The van der Waals surface area contributed by atoms with E-state index in [1.54, 1.807) is 6.07 Å². The summed E-state index contributed by atoms with van der Waals surface area (Å²) >= 11 is 0. The number of sulfonamides is 1. The number of hydrogen-bond acceptors (Lipinski definition) is 3. The molecule has 1 aromatic carbocycles. The molecule has 0 spiro atoms. The van der Waals surface area contributed by atoms with Crippen LogP contribution < -0.4 is 10.9 Å². The van der Waals surface area contributed by atoms with Gasteiger partial charge in [0.25, 0.3) is 0 Å². The first-order valence-electron chi connectivity index (χ1n) is 4.69. The third-order valence-corrected chi connectivity index (χ3v) is 3.10. The van der Waals surface area contributed by atoms with Gasteiger partial charge in [0.2, 0.25) is 15.9 Å². The number of amides is 1. The molecule has 88 valence electrons. The van der Waals surface area contributed by atoms with Crippen molar-refractivity contribution in [2.75, 3.05) is 0 Å². The summed E-state index contributed by atoms with van der Waals surface area (Å²) in [6.45, 7) is 3.76. The van der Waals surface area contributed by atoms with E-state index in [1.807, 2.05) is 13.8 Å². The van der Waals surface area contributed by atoms with Crippen LogP contribution in [-0.4, -0.2) is 14.3 Å². The number of carbonyl (C=O) groups excluding carboxylic acids is 1. The largest absolute Gasteiger partial charge is 0.366 e. The monoisotopic (exact) mass is 242 g/mol. The summed E-state index contributed by atoms with van der Waals surface area (Å²) in [5.74, 6) is -0.591. The molecule has 1 aromatic rings. The Hall–Kier alpha value is -1.40. The minimum absolute atomic E-state index is 0.0831. The van der Waals surface area contributed by atoms with Crippen molar-refractivity contribution in [3.05, 3.63) is 29.3 Å². The van der Waals surface area contributed by atoms with E-state index >= 15 is 0 Å². The summed E-state index contributed by atoms with van der Waals surface area (Å²) in [6, 6.07) is 4.21. The van der Waals surface area contributed by atoms with E-state index in [1.165, 1.54) is 12.1 Å². The van der Waals surface area contributed by atoms with Gasteiger partial charge in [-0.25, -0.2) is 13.6 Å². The van der Waals surface area contributed by atoms with E-state index in [2.05, 4.69) is 0 Å². The SMILES string of the molecule is CC(C)c1cc(C(N)=O)cc(S(N)(=O)=O)c1. The van der Waals surface area contributed by atoms with Crippen LogP contribution in [0, 0.1) is 0 Å². The first-order valence-corrected chi connectivity index (χ1v) is 6.24. The first kappa shape index (κ1) is 12.7. The van der Waals surface area contributed by atoms with Crippen LogP contribution in [0.15, 0.2) is 23.1 Å². The maximum Gasteiger partial charge on any atom is 0.248 e. The normalized spacial score (nSPS) is 11.8. The molecule has 1 amide bonds. The molecule has 6 heteroatoms. The van der Waals surface area contributed by atoms with Gasteiger partial charge in [0, 0.05) is 5.56 Å². The van der Waals surface area contributed by atoms with Crippen molar-refractivity contribution in [1.29, 1.82) is 0 Å². The highest BCUT2D eigenvalue weighted by molar-refractivity contribution is 7.89. The molecule has 1 rings (SSSR count). The second kappa shape index (κ2) is 4.23. The van der Waals surface area contributed by atoms with Crippen molar-refractivity contribution in [2.45, 2.75) is 24.7 Å². The van der Waals surface area contributed by atoms with Crippen LogP contribution in [0.5, 0.6) is 0 Å². The Morgan fingerprint density at radius 1 is 1.25 bits per heavy atom. The molecule has 0 heterocycles. The average Bonchev–Trinajstić information content (AvgIpc) is 2.15. The predicted octanol–water partition coefficient (Wildman–Crippen LogP) is 0.556. The second-order valence-corrected chi connectivity index (χ2v) is 5.42.